The van der Waals surface area contributed by atoms with Crippen molar-refractivity contribution in [2.75, 3.05) is 13.7 Å². The molecular weight excluding hydrogens is 220 g/mol. The van der Waals surface area contributed by atoms with E-state index in [-0.39, 0.29) is 0 Å². The molecule has 0 saturated carbocycles. The van der Waals surface area contributed by atoms with Gasteiger partial charge in [-0.2, -0.15) is 0 Å². The van der Waals surface area contributed by atoms with Crippen molar-refractivity contribution in [2.45, 2.75) is 6.42 Å². The molecule has 0 aliphatic rings. The van der Waals surface area contributed by atoms with Crippen LogP contribution in [-0.2, 0) is 6.42 Å². The number of methoxy groups -OCH3 is 1. The van der Waals surface area contributed by atoms with Gasteiger partial charge in [-0.25, -0.2) is 4.98 Å². The molecule has 0 radical (unpaired) electrons. The van der Waals surface area contributed by atoms with Crippen LogP contribution >= 0.6 is 11.3 Å². The second-order valence-electron chi connectivity index (χ2n) is 3.37. The Morgan fingerprint density at radius 1 is 1.38 bits per heavy atom. The molecule has 3 nitrogen and oxygen atoms in total. The summed E-state index contributed by atoms with van der Waals surface area (Å²) in [5.74, 6) is 0.880. The normalized spacial score (nSPS) is 10.4. The van der Waals surface area contributed by atoms with E-state index in [4.69, 9.17) is 10.5 Å². The molecule has 0 bridgehead atoms. The molecule has 0 saturated heterocycles. The van der Waals surface area contributed by atoms with Gasteiger partial charge >= 0.3 is 0 Å². The number of nitrogens with zero attached hydrogens (tertiary/aromatic N) is 1. The third kappa shape index (κ3) is 2.08. The fourth-order valence-corrected chi connectivity index (χ4v) is 2.51. The predicted molar refractivity (Wildman–Crippen MR) is 66.9 cm³/mol. The fourth-order valence-electron chi connectivity index (χ4n) is 1.64. The van der Waals surface area contributed by atoms with Crippen molar-refractivity contribution in [1.82, 2.24) is 4.98 Å². The molecule has 2 aromatic rings. The minimum absolute atomic E-state index is 0.617. The van der Waals surface area contributed by atoms with E-state index in [9.17, 15) is 0 Å². The van der Waals surface area contributed by atoms with Crippen LogP contribution < -0.4 is 10.5 Å². The van der Waals surface area contributed by atoms with Gasteiger partial charge in [-0.3, -0.25) is 0 Å². The summed E-state index contributed by atoms with van der Waals surface area (Å²) in [7, 11) is 1.68. The maximum atomic E-state index is 5.57. The Hall–Kier alpha value is -1.39. The predicted octanol–water partition coefficient (Wildman–Crippen LogP) is 2.32. The zero-order chi connectivity index (χ0) is 11.4. The number of para-hydroxylation sites is 1. The lowest BCUT2D eigenvalue weighted by Crippen LogP contribution is -2.03. The summed E-state index contributed by atoms with van der Waals surface area (Å²) < 4.78 is 5.35. The maximum absolute atomic E-state index is 5.57. The van der Waals surface area contributed by atoms with Gasteiger partial charge in [-0.05, 0) is 18.7 Å². The summed E-state index contributed by atoms with van der Waals surface area (Å²) in [5.41, 5.74) is 9.57. The summed E-state index contributed by atoms with van der Waals surface area (Å²) in [6.07, 6.45) is 0.802. The molecule has 84 valence electrons. The van der Waals surface area contributed by atoms with E-state index in [0.717, 1.165) is 28.3 Å². The Morgan fingerprint density at radius 3 is 2.94 bits per heavy atom. The van der Waals surface area contributed by atoms with Crippen LogP contribution in [0.2, 0.25) is 0 Å². The molecule has 0 fully saturated rings. The maximum Gasteiger partial charge on any atom is 0.127 e. The van der Waals surface area contributed by atoms with Crippen molar-refractivity contribution in [1.29, 1.82) is 0 Å². The largest absolute Gasteiger partial charge is 0.496 e. The minimum Gasteiger partial charge on any atom is -0.496 e. The quantitative estimate of drug-likeness (QED) is 0.883. The van der Waals surface area contributed by atoms with Crippen molar-refractivity contribution in [3.8, 4) is 16.2 Å². The smallest absolute Gasteiger partial charge is 0.127 e. The Kier molecular flexibility index (Phi) is 3.54. The molecule has 16 heavy (non-hydrogen) atoms. The molecule has 2 rings (SSSR count). The van der Waals surface area contributed by atoms with E-state index >= 15 is 0 Å². The Labute approximate surface area is 98.9 Å². The van der Waals surface area contributed by atoms with Crippen molar-refractivity contribution < 1.29 is 4.74 Å². The first-order valence-electron chi connectivity index (χ1n) is 5.12. The molecule has 2 N–H and O–H groups in total. The van der Waals surface area contributed by atoms with Gasteiger partial charge in [-0.15, -0.1) is 11.3 Å². The number of ether oxygens (including phenoxy) is 1. The minimum atomic E-state index is 0.617. The highest BCUT2D eigenvalue weighted by molar-refractivity contribution is 7.13. The van der Waals surface area contributed by atoms with Crippen LogP contribution in [0.25, 0.3) is 10.4 Å². The van der Waals surface area contributed by atoms with Crippen molar-refractivity contribution in [2.24, 2.45) is 5.73 Å². The van der Waals surface area contributed by atoms with E-state index in [1.54, 1.807) is 18.4 Å². The van der Waals surface area contributed by atoms with Crippen LogP contribution in [0, 0.1) is 0 Å². The van der Waals surface area contributed by atoms with E-state index in [2.05, 4.69) is 4.98 Å². The van der Waals surface area contributed by atoms with E-state index < -0.39 is 0 Å². The number of benzene rings is 1. The number of hydrogen-bond donors (Lipinski definition) is 1. The lowest BCUT2D eigenvalue weighted by atomic mass is 10.1. The molecule has 1 heterocycles. The standard InChI is InChI=1S/C12H14N2OS/c1-15-11-5-3-2-4-9(11)12-10(6-7-13)14-8-16-12/h2-5,8H,6-7,13H2,1H3. The van der Waals surface area contributed by atoms with Gasteiger partial charge in [0.25, 0.3) is 0 Å². The van der Waals surface area contributed by atoms with Crippen LogP contribution in [0.3, 0.4) is 0 Å². The van der Waals surface area contributed by atoms with Crippen molar-refractivity contribution in [3.05, 3.63) is 35.5 Å². The highest BCUT2D eigenvalue weighted by Gasteiger charge is 2.11. The highest BCUT2D eigenvalue weighted by Crippen LogP contribution is 2.34. The molecule has 0 amide bonds. The summed E-state index contributed by atoms with van der Waals surface area (Å²) in [4.78, 5) is 5.50. The number of hydrogen-bond acceptors (Lipinski definition) is 4. The SMILES string of the molecule is COc1ccccc1-c1scnc1CCN. The van der Waals surface area contributed by atoms with Gasteiger partial charge in [-0.1, -0.05) is 12.1 Å². The van der Waals surface area contributed by atoms with E-state index in [1.165, 1.54) is 0 Å². The first-order chi connectivity index (χ1) is 7.86. The van der Waals surface area contributed by atoms with Crippen molar-refractivity contribution >= 4 is 11.3 Å². The number of nitrogens with two attached hydrogens (primary N) is 1. The van der Waals surface area contributed by atoms with E-state index in [1.807, 2.05) is 29.8 Å². The van der Waals surface area contributed by atoms with Crippen LogP contribution in [0.15, 0.2) is 29.8 Å². The third-order valence-electron chi connectivity index (χ3n) is 2.37. The van der Waals surface area contributed by atoms with Crippen LogP contribution in [0.5, 0.6) is 5.75 Å². The average molecular weight is 234 g/mol. The van der Waals surface area contributed by atoms with E-state index in [0.29, 0.717) is 6.54 Å². The number of rotatable bonds is 4. The fraction of sp³-hybridized carbons (Fsp3) is 0.250. The zero-order valence-electron chi connectivity index (χ0n) is 9.14. The lowest BCUT2D eigenvalue weighted by molar-refractivity contribution is 0.416. The van der Waals surface area contributed by atoms with Gasteiger partial charge in [0, 0.05) is 12.0 Å². The molecule has 0 aliphatic carbocycles. The second kappa shape index (κ2) is 5.09. The molecule has 0 atom stereocenters. The molecule has 1 aromatic heterocycles. The van der Waals surface area contributed by atoms with Gasteiger partial charge in [0.1, 0.15) is 5.75 Å². The third-order valence-corrected chi connectivity index (χ3v) is 3.28. The second-order valence-corrected chi connectivity index (χ2v) is 4.22. The van der Waals surface area contributed by atoms with Gasteiger partial charge in [0.05, 0.1) is 23.2 Å². The summed E-state index contributed by atoms with van der Waals surface area (Å²) in [6, 6.07) is 7.98. The number of aromatic nitrogens is 1. The Morgan fingerprint density at radius 2 is 2.19 bits per heavy atom. The Balaban J connectivity index is 2.45. The van der Waals surface area contributed by atoms with Gasteiger partial charge < -0.3 is 10.5 Å². The van der Waals surface area contributed by atoms with Crippen molar-refractivity contribution in [3.63, 3.8) is 0 Å². The Bertz CT molecular complexity index is 468. The van der Waals surface area contributed by atoms with Gasteiger partial charge in [0.2, 0.25) is 0 Å². The molecule has 4 heteroatoms. The topological polar surface area (TPSA) is 48.1 Å². The average Bonchev–Trinajstić information content (AvgIpc) is 2.77. The summed E-state index contributed by atoms with van der Waals surface area (Å²) in [6.45, 7) is 0.617. The monoisotopic (exact) mass is 234 g/mol. The summed E-state index contributed by atoms with van der Waals surface area (Å²) >= 11 is 1.63. The first-order valence-corrected chi connectivity index (χ1v) is 6.00. The molecular formula is C12H14N2OS. The zero-order valence-corrected chi connectivity index (χ0v) is 9.96. The molecule has 0 spiro atoms. The number of thiazole rings is 1. The molecule has 1 aromatic carbocycles. The highest BCUT2D eigenvalue weighted by atomic mass is 32.1. The molecule has 0 aliphatic heterocycles. The lowest BCUT2D eigenvalue weighted by Gasteiger charge is -2.07. The summed E-state index contributed by atoms with van der Waals surface area (Å²) in [5, 5.41) is 0. The molecule has 0 unspecified atom stereocenters. The van der Waals surface area contributed by atoms with Gasteiger partial charge in [0.15, 0.2) is 0 Å². The van der Waals surface area contributed by atoms with Crippen LogP contribution in [0.1, 0.15) is 5.69 Å². The van der Waals surface area contributed by atoms with Crippen LogP contribution in [0.4, 0.5) is 0 Å². The first kappa shape index (κ1) is 11.1. The van der Waals surface area contributed by atoms with Crippen LogP contribution in [-0.4, -0.2) is 18.6 Å².